The number of hydrogen-bond donors (Lipinski definition) is 2. The van der Waals surface area contributed by atoms with Crippen molar-refractivity contribution in [1.82, 2.24) is 5.32 Å². The van der Waals surface area contributed by atoms with Crippen molar-refractivity contribution >= 4 is 18.3 Å². The van der Waals surface area contributed by atoms with Gasteiger partial charge in [-0.2, -0.15) is 0 Å². The van der Waals surface area contributed by atoms with Gasteiger partial charge in [-0.15, -0.1) is 12.4 Å². The summed E-state index contributed by atoms with van der Waals surface area (Å²) < 4.78 is 11.1. The predicted octanol–water partition coefficient (Wildman–Crippen LogP) is 4.36. The maximum atomic E-state index is 12.5. The Labute approximate surface area is 185 Å². The molecule has 0 heterocycles. The van der Waals surface area contributed by atoms with E-state index < -0.39 is 5.41 Å². The Kier molecular flexibility index (Phi) is 8.56. The second-order valence-electron chi connectivity index (χ2n) is 7.87. The third-order valence-electron chi connectivity index (χ3n) is 6.19. The molecule has 1 amide bonds. The number of amides is 1. The Morgan fingerprint density at radius 3 is 2.30 bits per heavy atom. The Hall–Kier alpha value is -2.24. The van der Waals surface area contributed by atoms with Crippen LogP contribution in [-0.2, 0) is 11.2 Å². The number of methoxy groups -OCH3 is 1. The van der Waals surface area contributed by atoms with E-state index in [9.17, 15) is 4.79 Å². The summed E-state index contributed by atoms with van der Waals surface area (Å²) in [5.41, 5.74) is 8.65. The zero-order valence-electron chi connectivity index (χ0n) is 18.1. The highest BCUT2D eigenvalue weighted by Crippen LogP contribution is 2.41. The quantitative estimate of drug-likeness (QED) is 0.650. The molecule has 30 heavy (non-hydrogen) atoms. The Bertz CT molecular complexity index is 831. The first-order valence-corrected chi connectivity index (χ1v) is 10.4. The van der Waals surface area contributed by atoms with Crippen LogP contribution in [0.25, 0.3) is 11.1 Å². The van der Waals surface area contributed by atoms with E-state index in [-0.39, 0.29) is 18.3 Å². The molecule has 0 aliphatic heterocycles. The normalized spacial score (nSPS) is 20.8. The number of carbonyl (C=O) groups excluding carboxylic acids is 1. The first kappa shape index (κ1) is 24.0. The van der Waals surface area contributed by atoms with E-state index in [4.69, 9.17) is 15.2 Å². The molecule has 0 aromatic heterocycles. The molecule has 3 rings (SSSR count). The number of rotatable bonds is 8. The summed E-state index contributed by atoms with van der Waals surface area (Å²) in [6, 6.07) is 14.7. The van der Waals surface area contributed by atoms with Crippen LogP contribution in [0, 0.1) is 5.41 Å². The van der Waals surface area contributed by atoms with Gasteiger partial charge < -0.3 is 20.5 Å². The molecular weight excluding hydrogens is 400 g/mol. The lowest BCUT2D eigenvalue weighted by atomic mass is 9.68. The molecule has 2 aromatic carbocycles. The summed E-state index contributed by atoms with van der Waals surface area (Å²) >= 11 is 0. The van der Waals surface area contributed by atoms with Gasteiger partial charge in [0.15, 0.2) is 0 Å². The van der Waals surface area contributed by atoms with Gasteiger partial charge in [-0.25, -0.2) is 0 Å². The van der Waals surface area contributed by atoms with Gasteiger partial charge in [0.2, 0.25) is 5.91 Å². The van der Waals surface area contributed by atoms with Gasteiger partial charge >= 0.3 is 0 Å². The summed E-state index contributed by atoms with van der Waals surface area (Å²) in [6.07, 6.45) is 4.12. The maximum absolute atomic E-state index is 12.5. The fourth-order valence-corrected chi connectivity index (χ4v) is 4.31. The topological polar surface area (TPSA) is 73.6 Å². The summed E-state index contributed by atoms with van der Waals surface area (Å²) in [4.78, 5) is 12.5. The van der Waals surface area contributed by atoms with E-state index in [1.807, 2.05) is 44.3 Å². The molecule has 1 fully saturated rings. The van der Waals surface area contributed by atoms with Crippen molar-refractivity contribution < 1.29 is 14.3 Å². The van der Waals surface area contributed by atoms with Crippen LogP contribution < -0.4 is 20.5 Å². The average Bonchev–Trinajstić information content (AvgIpc) is 2.75. The number of carbonyl (C=O) groups is 1. The van der Waals surface area contributed by atoms with Crippen molar-refractivity contribution in [3.8, 4) is 22.6 Å². The highest BCUT2D eigenvalue weighted by atomic mass is 35.5. The van der Waals surface area contributed by atoms with Crippen molar-refractivity contribution in [1.29, 1.82) is 0 Å². The van der Waals surface area contributed by atoms with E-state index in [1.165, 1.54) is 0 Å². The average molecular weight is 433 g/mol. The van der Waals surface area contributed by atoms with Crippen LogP contribution in [0.1, 0.15) is 38.2 Å². The smallest absolute Gasteiger partial charge is 0.223 e. The molecule has 0 saturated heterocycles. The first-order chi connectivity index (χ1) is 14.0. The molecule has 6 heteroatoms. The van der Waals surface area contributed by atoms with Gasteiger partial charge in [0.1, 0.15) is 11.5 Å². The predicted molar refractivity (Wildman–Crippen MR) is 123 cm³/mol. The van der Waals surface area contributed by atoms with Gasteiger partial charge in [-0.3, -0.25) is 4.79 Å². The molecule has 0 atom stereocenters. The van der Waals surface area contributed by atoms with Crippen LogP contribution in [0.4, 0.5) is 0 Å². The van der Waals surface area contributed by atoms with Crippen molar-refractivity contribution in [2.45, 2.75) is 45.1 Å². The first-order valence-electron chi connectivity index (χ1n) is 10.4. The van der Waals surface area contributed by atoms with E-state index in [0.29, 0.717) is 19.1 Å². The van der Waals surface area contributed by atoms with Gasteiger partial charge in [0.25, 0.3) is 0 Å². The van der Waals surface area contributed by atoms with E-state index >= 15 is 0 Å². The van der Waals surface area contributed by atoms with Gasteiger partial charge in [0, 0.05) is 6.04 Å². The molecule has 2 aromatic rings. The molecule has 164 valence electrons. The zero-order chi connectivity index (χ0) is 20.9. The standard InChI is InChI=1S/C24H32N2O3.ClH/c1-4-29-22-10-7-18(17-5-8-21(28-3)9-6-17)15-19(22)16-24(23(25)27)13-11-20(26-2)12-14-24;/h5-10,15,20,26H,4,11-14,16H2,1-3H3,(H2,25,27);1H. The van der Waals surface area contributed by atoms with Crippen molar-refractivity contribution in [3.63, 3.8) is 0 Å². The van der Waals surface area contributed by atoms with Gasteiger partial charge in [-0.05, 0) is 87.0 Å². The molecule has 1 aliphatic carbocycles. The van der Waals surface area contributed by atoms with E-state index in [0.717, 1.165) is 53.9 Å². The minimum atomic E-state index is -0.516. The van der Waals surface area contributed by atoms with Crippen LogP contribution in [0.5, 0.6) is 11.5 Å². The molecule has 0 unspecified atom stereocenters. The highest BCUT2D eigenvalue weighted by molar-refractivity contribution is 5.85. The molecule has 0 spiro atoms. The number of hydrogen-bond acceptors (Lipinski definition) is 4. The van der Waals surface area contributed by atoms with Crippen molar-refractivity contribution in [2.75, 3.05) is 20.8 Å². The lowest BCUT2D eigenvalue weighted by molar-refractivity contribution is -0.129. The van der Waals surface area contributed by atoms with Gasteiger partial charge in [0.05, 0.1) is 19.1 Å². The zero-order valence-corrected chi connectivity index (χ0v) is 18.9. The number of ether oxygens (including phenoxy) is 2. The third-order valence-corrected chi connectivity index (χ3v) is 6.19. The van der Waals surface area contributed by atoms with Crippen LogP contribution in [0.15, 0.2) is 42.5 Å². The SMILES string of the molecule is CCOc1ccc(-c2ccc(OC)cc2)cc1CC1(C(N)=O)CCC(NC)CC1.Cl. The summed E-state index contributed by atoms with van der Waals surface area (Å²) in [6.45, 7) is 2.56. The molecular formula is C24H33ClN2O3. The fourth-order valence-electron chi connectivity index (χ4n) is 4.31. The summed E-state index contributed by atoms with van der Waals surface area (Å²) in [5.74, 6) is 1.46. The largest absolute Gasteiger partial charge is 0.497 e. The molecule has 0 radical (unpaired) electrons. The molecule has 1 aliphatic rings. The van der Waals surface area contributed by atoms with Crippen molar-refractivity contribution in [2.24, 2.45) is 11.1 Å². The number of nitrogens with one attached hydrogen (secondary N) is 1. The second-order valence-corrected chi connectivity index (χ2v) is 7.87. The molecule has 0 bridgehead atoms. The van der Waals surface area contributed by atoms with Crippen LogP contribution in [-0.4, -0.2) is 32.7 Å². The highest BCUT2D eigenvalue weighted by Gasteiger charge is 2.40. The maximum Gasteiger partial charge on any atom is 0.223 e. The lowest BCUT2D eigenvalue weighted by Gasteiger charge is -2.38. The Balaban J connectivity index is 0.00000320. The fraction of sp³-hybridized carbons (Fsp3) is 0.458. The van der Waals surface area contributed by atoms with Crippen LogP contribution >= 0.6 is 12.4 Å². The number of benzene rings is 2. The van der Waals surface area contributed by atoms with Crippen LogP contribution in [0.2, 0.25) is 0 Å². The third kappa shape index (κ3) is 5.27. The van der Waals surface area contributed by atoms with Gasteiger partial charge in [-0.1, -0.05) is 18.2 Å². The van der Waals surface area contributed by atoms with E-state index in [1.54, 1.807) is 7.11 Å². The lowest BCUT2D eigenvalue weighted by Crippen LogP contribution is -2.45. The minimum Gasteiger partial charge on any atom is -0.497 e. The second kappa shape index (κ2) is 10.7. The van der Waals surface area contributed by atoms with Crippen molar-refractivity contribution in [3.05, 3.63) is 48.0 Å². The Morgan fingerprint density at radius 2 is 1.77 bits per heavy atom. The Morgan fingerprint density at radius 1 is 1.13 bits per heavy atom. The number of halogens is 1. The molecule has 1 saturated carbocycles. The molecule has 5 nitrogen and oxygen atoms in total. The molecule has 3 N–H and O–H groups in total. The minimum absolute atomic E-state index is 0. The van der Waals surface area contributed by atoms with E-state index in [2.05, 4.69) is 17.4 Å². The number of primary amides is 1. The monoisotopic (exact) mass is 432 g/mol. The number of nitrogens with two attached hydrogens (primary N) is 1. The summed E-state index contributed by atoms with van der Waals surface area (Å²) in [7, 11) is 3.64. The summed E-state index contributed by atoms with van der Waals surface area (Å²) in [5, 5.41) is 3.33. The van der Waals surface area contributed by atoms with Crippen LogP contribution in [0.3, 0.4) is 0 Å².